The average Bonchev–Trinajstić information content (AvgIpc) is 2.81. The molecule has 0 saturated carbocycles. The topological polar surface area (TPSA) is 29.3 Å². The van der Waals surface area contributed by atoms with Crippen LogP contribution in [-0.4, -0.2) is 22.5 Å². The van der Waals surface area contributed by atoms with Crippen molar-refractivity contribution in [1.82, 2.24) is 14.7 Å². The third kappa shape index (κ3) is 1.90. The molecule has 86 valence electrons. The summed E-state index contributed by atoms with van der Waals surface area (Å²) >= 11 is 1.67. The molecule has 3 nitrogen and oxygen atoms in total. The van der Waals surface area contributed by atoms with E-state index in [2.05, 4.69) is 53.1 Å². The van der Waals surface area contributed by atoms with Crippen LogP contribution in [0, 0.1) is 6.92 Å². The molecule has 0 radical (unpaired) electrons. The maximum Gasteiger partial charge on any atom is 0.194 e. The molecule has 0 aromatic carbocycles. The van der Waals surface area contributed by atoms with Crippen LogP contribution in [0.3, 0.4) is 0 Å². The Morgan fingerprint density at radius 1 is 1.62 bits per heavy atom. The predicted molar refractivity (Wildman–Crippen MR) is 70.0 cm³/mol. The first kappa shape index (κ1) is 11.4. The Labute approximate surface area is 99.8 Å². The second kappa shape index (κ2) is 4.39. The minimum atomic E-state index is 0.392. The van der Waals surface area contributed by atoms with Gasteiger partial charge >= 0.3 is 0 Å². The molecule has 0 spiro atoms. The largest absolute Gasteiger partial charge is 0.314 e. The van der Waals surface area contributed by atoms with Crippen molar-refractivity contribution in [2.75, 3.05) is 7.05 Å². The predicted octanol–water partition coefficient (Wildman–Crippen LogP) is 2.72. The van der Waals surface area contributed by atoms with Crippen molar-refractivity contribution in [3.8, 4) is 0 Å². The summed E-state index contributed by atoms with van der Waals surface area (Å²) in [6.45, 7) is 6.36. The van der Waals surface area contributed by atoms with E-state index in [9.17, 15) is 0 Å². The maximum atomic E-state index is 4.53. The molecular formula is C12H17N3S. The van der Waals surface area contributed by atoms with Crippen molar-refractivity contribution >= 4 is 22.4 Å². The van der Waals surface area contributed by atoms with Gasteiger partial charge in [-0.05, 0) is 33.9 Å². The summed E-state index contributed by atoms with van der Waals surface area (Å²) in [5.41, 5.74) is 3.60. The van der Waals surface area contributed by atoms with Crippen molar-refractivity contribution < 1.29 is 0 Å². The van der Waals surface area contributed by atoms with Gasteiger partial charge < -0.3 is 5.32 Å². The van der Waals surface area contributed by atoms with E-state index < -0.39 is 0 Å². The van der Waals surface area contributed by atoms with Crippen molar-refractivity contribution in [3.63, 3.8) is 0 Å². The third-order valence-corrected chi connectivity index (χ3v) is 3.72. The number of fused-ring (bicyclic) bond motifs is 1. The maximum absolute atomic E-state index is 4.53. The Kier molecular flexibility index (Phi) is 3.12. The number of imidazole rings is 1. The van der Waals surface area contributed by atoms with Gasteiger partial charge in [0.25, 0.3) is 0 Å². The summed E-state index contributed by atoms with van der Waals surface area (Å²) in [4.78, 5) is 5.59. The van der Waals surface area contributed by atoms with E-state index in [1.165, 1.54) is 11.3 Å². The summed E-state index contributed by atoms with van der Waals surface area (Å²) in [5.74, 6) is 0. The standard InChI is InChI=1S/C12H17N3S/c1-8(9(2)13-4)7-11-10(3)14-12-15(11)5-6-16-12/h5-7,9,13H,1-4H3/b8-7+. The lowest BCUT2D eigenvalue weighted by Crippen LogP contribution is -2.22. The Hall–Kier alpha value is -1.13. The van der Waals surface area contributed by atoms with Crippen LogP contribution in [0.1, 0.15) is 25.2 Å². The molecule has 4 heteroatoms. The monoisotopic (exact) mass is 235 g/mol. The van der Waals surface area contributed by atoms with E-state index in [-0.39, 0.29) is 0 Å². The number of rotatable bonds is 3. The summed E-state index contributed by atoms with van der Waals surface area (Å²) in [6.07, 6.45) is 4.28. The first-order chi connectivity index (χ1) is 7.63. The van der Waals surface area contributed by atoms with Gasteiger partial charge in [0.15, 0.2) is 4.96 Å². The molecule has 0 aliphatic carbocycles. The van der Waals surface area contributed by atoms with Crippen LogP contribution >= 0.6 is 11.3 Å². The van der Waals surface area contributed by atoms with Crippen molar-refractivity contribution in [2.45, 2.75) is 26.8 Å². The molecule has 1 unspecified atom stereocenters. The minimum absolute atomic E-state index is 0.392. The highest BCUT2D eigenvalue weighted by Gasteiger charge is 2.08. The molecule has 0 aliphatic heterocycles. The molecule has 2 rings (SSSR count). The summed E-state index contributed by atoms with van der Waals surface area (Å²) in [6, 6.07) is 0.392. The van der Waals surface area contributed by atoms with E-state index in [1.807, 2.05) is 7.05 Å². The first-order valence-electron chi connectivity index (χ1n) is 5.41. The van der Waals surface area contributed by atoms with E-state index in [0.29, 0.717) is 6.04 Å². The van der Waals surface area contributed by atoms with Gasteiger partial charge in [0.1, 0.15) is 0 Å². The summed E-state index contributed by atoms with van der Waals surface area (Å²) in [7, 11) is 1.98. The Bertz CT molecular complexity index is 521. The molecule has 1 atom stereocenters. The van der Waals surface area contributed by atoms with Crippen molar-refractivity contribution in [1.29, 1.82) is 0 Å². The number of hydrogen-bond donors (Lipinski definition) is 1. The number of likely N-dealkylation sites (N-methyl/N-ethyl adjacent to an activating group) is 1. The zero-order chi connectivity index (χ0) is 11.7. The smallest absolute Gasteiger partial charge is 0.194 e. The number of nitrogens with zero attached hydrogens (tertiary/aromatic N) is 2. The zero-order valence-electron chi connectivity index (χ0n) is 10.1. The van der Waals surface area contributed by atoms with Crippen LogP contribution in [0.4, 0.5) is 0 Å². The zero-order valence-corrected chi connectivity index (χ0v) is 10.9. The highest BCUT2D eigenvalue weighted by molar-refractivity contribution is 7.15. The second-order valence-corrected chi connectivity index (χ2v) is 4.91. The lowest BCUT2D eigenvalue weighted by atomic mass is 10.1. The van der Waals surface area contributed by atoms with Crippen LogP contribution in [-0.2, 0) is 0 Å². The molecule has 0 amide bonds. The van der Waals surface area contributed by atoms with Gasteiger partial charge in [0.05, 0.1) is 11.4 Å². The molecule has 2 aromatic rings. The highest BCUT2D eigenvalue weighted by Crippen LogP contribution is 2.19. The molecule has 2 aromatic heterocycles. The third-order valence-electron chi connectivity index (χ3n) is 2.96. The SMILES string of the molecule is CNC(C)/C(C)=C/c1c(C)nc2sccn12. The molecular weight excluding hydrogens is 218 g/mol. The van der Waals surface area contributed by atoms with Crippen LogP contribution < -0.4 is 5.32 Å². The summed E-state index contributed by atoms with van der Waals surface area (Å²) < 4.78 is 2.14. The lowest BCUT2D eigenvalue weighted by molar-refractivity contribution is 0.696. The fourth-order valence-corrected chi connectivity index (χ4v) is 2.42. The van der Waals surface area contributed by atoms with Gasteiger partial charge in [-0.3, -0.25) is 4.40 Å². The van der Waals surface area contributed by atoms with Crippen molar-refractivity contribution in [3.05, 3.63) is 28.5 Å². The van der Waals surface area contributed by atoms with Gasteiger partial charge in [-0.1, -0.05) is 5.57 Å². The van der Waals surface area contributed by atoms with Gasteiger partial charge in [-0.15, -0.1) is 11.3 Å². The van der Waals surface area contributed by atoms with Crippen LogP contribution in [0.15, 0.2) is 17.2 Å². The molecule has 0 aliphatic rings. The molecule has 0 fully saturated rings. The Morgan fingerprint density at radius 2 is 2.38 bits per heavy atom. The number of aryl methyl sites for hydroxylation is 1. The first-order valence-corrected chi connectivity index (χ1v) is 6.29. The van der Waals surface area contributed by atoms with Gasteiger partial charge in [-0.2, -0.15) is 0 Å². The van der Waals surface area contributed by atoms with Crippen LogP contribution in [0.2, 0.25) is 0 Å². The van der Waals surface area contributed by atoms with Gasteiger partial charge in [-0.25, -0.2) is 4.98 Å². The quantitative estimate of drug-likeness (QED) is 0.886. The molecule has 16 heavy (non-hydrogen) atoms. The molecule has 0 bridgehead atoms. The number of nitrogens with one attached hydrogen (secondary N) is 1. The fourth-order valence-electron chi connectivity index (χ4n) is 1.65. The van der Waals surface area contributed by atoms with E-state index in [0.717, 1.165) is 10.7 Å². The van der Waals surface area contributed by atoms with Crippen LogP contribution in [0.5, 0.6) is 0 Å². The lowest BCUT2D eigenvalue weighted by Gasteiger charge is -2.10. The van der Waals surface area contributed by atoms with Crippen LogP contribution in [0.25, 0.3) is 11.0 Å². The van der Waals surface area contributed by atoms with Gasteiger partial charge in [0.2, 0.25) is 0 Å². The normalized spacial score (nSPS) is 14.6. The van der Waals surface area contributed by atoms with E-state index >= 15 is 0 Å². The average molecular weight is 235 g/mol. The minimum Gasteiger partial charge on any atom is -0.314 e. The molecule has 1 N–H and O–H groups in total. The van der Waals surface area contributed by atoms with E-state index in [4.69, 9.17) is 0 Å². The fraction of sp³-hybridized carbons (Fsp3) is 0.417. The number of hydrogen-bond acceptors (Lipinski definition) is 3. The Morgan fingerprint density at radius 3 is 3.06 bits per heavy atom. The van der Waals surface area contributed by atoms with Gasteiger partial charge in [0, 0.05) is 17.6 Å². The Balaban J connectivity index is 2.46. The summed E-state index contributed by atoms with van der Waals surface area (Å²) in [5, 5.41) is 5.31. The van der Waals surface area contributed by atoms with E-state index in [1.54, 1.807) is 11.3 Å². The molecule has 2 heterocycles. The van der Waals surface area contributed by atoms with Crippen molar-refractivity contribution in [2.24, 2.45) is 0 Å². The second-order valence-electron chi connectivity index (χ2n) is 4.04. The highest BCUT2D eigenvalue weighted by atomic mass is 32.1. The number of aromatic nitrogens is 2. The number of thiazole rings is 1. The molecule has 0 saturated heterocycles.